The number of hydrogen-bond donors (Lipinski definition) is 1. The molecule has 0 radical (unpaired) electrons. The summed E-state index contributed by atoms with van der Waals surface area (Å²) in [6.07, 6.45) is 1.88. The molecule has 0 aromatic carbocycles. The Morgan fingerprint density at radius 1 is 1.24 bits per heavy atom. The minimum absolute atomic E-state index is 0.451. The molecule has 0 unspecified atom stereocenters. The second-order valence-corrected chi connectivity index (χ2v) is 8.45. The van der Waals surface area contributed by atoms with Gasteiger partial charge in [0.1, 0.15) is 0 Å². The number of nitrogens with zero attached hydrogens (tertiary/aromatic N) is 2. The number of piperidine rings is 1. The molecule has 6 nitrogen and oxygen atoms in total. The van der Waals surface area contributed by atoms with Crippen LogP contribution in [0.4, 0.5) is 0 Å². The van der Waals surface area contributed by atoms with Crippen LogP contribution < -0.4 is 5.32 Å². The van der Waals surface area contributed by atoms with Crippen LogP contribution in [0.2, 0.25) is 0 Å². The van der Waals surface area contributed by atoms with E-state index in [2.05, 4.69) is 12.2 Å². The molecule has 0 spiro atoms. The zero-order valence-corrected chi connectivity index (χ0v) is 14.3. The van der Waals surface area contributed by atoms with Gasteiger partial charge in [-0.2, -0.15) is 17.0 Å². The van der Waals surface area contributed by atoms with Crippen LogP contribution in [0.5, 0.6) is 0 Å². The van der Waals surface area contributed by atoms with E-state index in [4.69, 9.17) is 4.74 Å². The van der Waals surface area contributed by atoms with E-state index >= 15 is 0 Å². The molecule has 21 heavy (non-hydrogen) atoms. The highest BCUT2D eigenvalue weighted by Crippen LogP contribution is 2.27. The molecule has 2 heterocycles. The molecule has 2 saturated heterocycles. The van der Waals surface area contributed by atoms with E-state index in [1.807, 2.05) is 13.8 Å². The highest BCUT2D eigenvalue weighted by molar-refractivity contribution is 7.86. The van der Waals surface area contributed by atoms with Gasteiger partial charge < -0.3 is 10.1 Å². The van der Waals surface area contributed by atoms with Crippen LogP contribution in [-0.2, 0) is 14.9 Å². The van der Waals surface area contributed by atoms with Crippen molar-refractivity contribution >= 4 is 10.2 Å². The van der Waals surface area contributed by atoms with Gasteiger partial charge in [-0.25, -0.2) is 0 Å². The Kier molecular flexibility index (Phi) is 5.65. The molecular weight excluding hydrogens is 290 g/mol. The van der Waals surface area contributed by atoms with Crippen molar-refractivity contribution in [2.75, 3.05) is 45.9 Å². The first-order valence-electron chi connectivity index (χ1n) is 7.94. The zero-order valence-electron chi connectivity index (χ0n) is 13.5. The Morgan fingerprint density at radius 2 is 1.90 bits per heavy atom. The Bertz CT molecular complexity index is 431. The van der Waals surface area contributed by atoms with Crippen molar-refractivity contribution in [3.63, 3.8) is 0 Å². The average Bonchev–Trinajstić information content (AvgIpc) is 2.44. The summed E-state index contributed by atoms with van der Waals surface area (Å²) in [6, 6.07) is 0. The molecule has 2 aliphatic heterocycles. The van der Waals surface area contributed by atoms with E-state index < -0.39 is 15.7 Å². The number of morpholine rings is 1. The Morgan fingerprint density at radius 3 is 2.48 bits per heavy atom. The summed E-state index contributed by atoms with van der Waals surface area (Å²) in [5, 5.41) is 3.35. The third-order valence-electron chi connectivity index (χ3n) is 4.43. The third-order valence-corrected chi connectivity index (χ3v) is 6.68. The maximum absolute atomic E-state index is 12.9. The molecule has 0 saturated carbocycles. The summed E-state index contributed by atoms with van der Waals surface area (Å²) in [5.41, 5.74) is -0.461. The average molecular weight is 319 g/mol. The summed E-state index contributed by atoms with van der Waals surface area (Å²) < 4.78 is 34.4. The van der Waals surface area contributed by atoms with Crippen molar-refractivity contribution in [1.29, 1.82) is 0 Å². The van der Waals surface area contributed by atoms with E-state index in [9.17, 15) is 8.42 Å². The minimum atomic E-state index is -3.37. The lowest BCUT2D eigenvalue weighted by Gasteiger charge is -2.44. The fraction of sp³-hybridized carbons (Fsp3) is 1.00. The quantitative estimate of drug-likeness (QED) is 0.809. The molecule has 2 rings (SSSR count). The molecule has 1 N–H and O–H groups in total. The van der Waals surface area contributed by atoms with E-state index in [-0.39, 0.29) is 0 Å². The Balaban J connectivity index is 1.98. The predicted octanol–water partition coefficient (Wildman–Crippen LogP) is 0.664. The van der Waals surface area contributed by atoms with Crippen molar-refractivity contribution in [3.8, 4) is 0 Å². The molecule has 0 aliphatic carbocycles. The van der Waals surface area contributed by atoms with Crippen LogP contribution in [0.15, 0.2) is 0 Å². The summed E-state index contributed by atoms with van der Waals surface area (Å²) in [7, 11) is -3.37. The fourth-order valence-electron chi connectivity index (χ4n) is 3.10. The molecule has 0 aromatic rings. The van der Waals surface area contributed by atoms with Gasteiger partial charge in [0.2, 0.25) is 0 Å². The highest BCUT2D eigenvalue weighted by atomic mass is 32.2. The summed E-state index contributed by atoms with van der Waals surface area (Å²) in [4.78, 5) is 0. The predicted molar refractivity (Wildman–Crippen MR) is 83.4 cm³/mol. The van der Waals surface area contributed by atoms with Gasteiger partial charge in [-0.3, -0.25) is 0 Å². The summed E-state index contributed by atoms with van der Waals surface area (Å²) >= 11 is 0. The zero-order chi connectivity index (χ0) is 15.5. The Labute approximate surface area is 129 Å². The topological polar surface area (TPSA) is 61.9 Å². The first-order chi connectivity index (χ1) is 9.88. The standard InChI is InChI=1S/C14H29N3O3S/c1-4-15-11-13-5-7-16(8-6-13)21(18,19)17-9-10-20-12-14(17,2)3/h13,15H,4-12H2,1-3H3. The van der Waals surface area contributed by atoms with E-state index in [1.165, 1.54) is 0 Å². The monoisotopic (exact) mass is 319 g/mol. The minimum Gasteiger partial charge on any atom is -0.378 e. The first kappa shape index (κ1) is 17.1. The van der Waals surface area contributed by atoms with Gasteiger partial charge in [0.05, 0.1) is 18.8 Å². The fourth-order valence-corrected chi connectivity index (χ4v) is 5.04. The summed E-state index contributed by atoms with van der Waals surface area (Å²) in [6.45, 7) is 10.6. The van der Waals surface area contributed by atoms with E-state index in [0.717, 1.165) is 25.9 Å². The molecule has 7 heteroatoms. The molecule has 0 aromatic heterocycles. The maximum Gasteiger partial charge on any atom is 0.282 e. The smallest absolute Gasteiger partial charge is 0.282 e. The van der Waals surface area contributed by atoms with Gasteiger partial charge in [0.25, 0.3) is 10.2 Å². The molecule has 124 valence electrons. The van der Waals surface area contributed by atoms with Crippen molar-refractivity contribution in [2.45, 2.75) is 39.2 Å². The van der Waals surface area contributed by atoms with Gasteiger partial charge in [-0.15, -0.1) is 0 Å². The maximum atomic E-state index is 12.9. The number of hydrogen-bond acceptors (Lipinski definition) is 4. The van der Waals surface area contributed by atoms with Crippen molar-refractivity contribution in [1.82, 2.24) is 13.9 Å². The van der Waals surface area contributed by atoms with Gasteiger partial charge in [-0.1, -0.05) is 6.92 Å². The lowest BCUT2D eigenvalue weighted by atomic mass is 9.98. The van der Waals surface area contributed by atoms with Crippen LogP contribution in [0.25, 0.3) is 0 Å². The van der Waals surface area contributed by atoms with Crippen LogP contribution in [0.3, 0.4) is 0 Å². The van der Waals surface area contributed by atoms with Gasteiger partial charge in [-0.05, 0) is 45.7 Å². The largest absolute Gasteiger partial charge is 0.378 e. The van der Waals surface area contributed by atoms with Crippen molar-refractivity contribution in [3.05, 3.63) is 0 Å². The summed E-state index contributed by atoms with van der Waals surface area (Å²) in [5.74, 6) is 0.592. The van der Waals surface area contributed by atoms with E-state index in [1.54, 1.807) is 8.61 Å². The number of nitrogens with one attached hydrogen (secondary N) is 1. The van der Waals surface area contributed by atoms with Crippen LogP contribution in [-0.4, -0.2) is 68.5 Å². The lowest BCUT2D eigenvalue weighted by Crippen LogP contribution is -2.60. The highest BCUT2D eigenvalue weighted by Gasteiger charge is 2.42. The van der Waals surface area contributed by atoms with Crippen LogP contribution >= 0.6 is 0 Å². The van der Waals surface area contributed by atoms with E-state index in [0.29, 0.717) is 38.8 Å². The SMILES string of the molecule is CCNCC1CCN(S(=O)(=O)N2CCOCC2(C)C)CC1. The normalized spacial score (nSPS) is 26.0. The second kappa shape index (κ2) is 6.91. The number of ether oxygens (including phenoxy) is 1. The molecule has 0 amide bonds. The molecule has 0 atom stereocenters. The second-order valence-electron chi connectivity index (χ2n) is 6.60. The third kappa shape index (κ3) is 3.96. The molecule has 2 fully saturated rings. The number of rotatable bonds is 5. The first-order valence-corrected chi connectivity index (χ1v) is 9.34. The van der Waals surface area contributed by atoms with Crippen molar-refractivity contribution < 1.29 is 13.2 Å². The van der Waals surface area contributed by atoms with Crippen LogP contribution in [0.1, 0.15) is 33.6 Å². The lowest BCUT2D eigenvalue weighted by molar-refractivity contribution is -0.0110. The van der Waals surface area contributed by atoms with Gasteiger partial charge in [0.15, 0.2) is 0 Å². The molecule has 0 bridgehead atoms. The van der Waals surface area contributed by atoms with Crippen LogP contribution in [0, 0.1) is 5.92 Å². The van der Waals surface area contributed by atoms with Gasteiger partial charge in [0, 0.05) is 19.6 Å². The molecule has 2 aliphatic rings. The van der Waals surface area contributed by atoms with Crippen molar-refractivity contribution in [2.24, 2.45) is 5.92 Å². The molecular formula is C14H29N3O3S. The van der Waals surface area contributed by atoms with Gasteiger partial charge >= 0.3 is 0 Å². The Hall–Kier alpha value is -0.210.